The molecule has 0 unspecified atom stereocenters. The van der Waals surface area contributed by atoms with Gasteiger partial charge in [0.15, 0.2) is 29.1 Å². The van der Waals surface area contributed by atoms with Gasteiger partial charge in [0, 0.05) is 55.0 Å². The third-order valence-electron chi connectivity index (χ3n) is 12.7. The van der Waals surface area contributed by atoms with E-state index < -0.39 is 0 Å². The molecule has 0 fully saturated rings. The molecule has 4 heterocycles. The lowest BCUT2D eigenvalue weighted by Crippen LogP contribution is -2.07. The van der Waals surface area contributed by atoms with Crippen LogP contribution in [0, 0.1) is 0 Å². The average molecular weight is 871 g/mol. The summed E-state index contributed by atoms with van der Waals surface area (Å²) in [7, 11) is 0. The molecule has 68 heavy (non-hydrogen) atoms. The molecular weight excluding hydrogens is 833 g/mol. The van der Waals surface area contributed by atoms with Gasteiger partial charge < -0.3 is 4.57 Å². The maximum atomic E-state index is 5.35. The Labute approximate surface area is 391 Å². The molecule has 0 bridgehead atoms. The van der Waals surface area contributed by atoms with Gasteiger partial charge in [0.25, 0.3) is 0 Å². The summed E-state index contributed by atoms with van der Waals surface area (Å²) in [4.78, 5) is 30.8. The summed E-state index contributed by atoms with van der Waals surface area (Å²) in [5, 5.41) is 4.46. The topological polar surface area (TPSA) is 87.2 Å². The molecule has 0 aliphatic carbocycles. The van der Waals surface area contributed by atoms with Crippen molar-refractivity contribution in [3.8, 4) is 79.7 Å². The van der Waals surface area contributed by atoms with Crippen LogP contribution in [-0.2, 0) is 0 Å². The molecule has 13 aromatic rings. The molecule has 0 radical (unpaired) electrons. The van der Waals surface area contributed by atoms with E-state index >= 15 is 0 Å². The standard InChI is InChI=1S/C60H38N8/c1-5-17-39(18-6-1)40-29-31-44(32-30-40)59-64-58(43-23-11-4-12-24-43)65-60(66-59)68-52-28-16-14-26-48(52)50-38-37-49-47-25-13-15-27-51(47)67(53(49)54(50)68)46-35-33-45(34-36-46)57-62-55(41-19-7-2-8-20-41)61-56(63-57)42-21-9-3-10-22-42/h1-38H. The molecular formula is C60H38N8. The lowest BCUT2D eigenvalue weighted by molar-refractivity contribution is 0.953. The van der Waals surface area contributed by atoms with Gasteiger partial charge in [-0.1, -0.05) is 194 Å². The Bertz CT molecular complexity index is 3920. The minimum Gasteiger partial charge on any atom is -0.307 e. The zero-order valence-electron chi connectivity index (χ0n) is 36.5. The fourth-order valence-corrected chi connectivity index (χ4v) is 9.43. The van der Waals surface area contributed by atoms with E-state index in [-0.39, 0.29) is 0 Å². The van der Waals surface area contributed by atoms with Crippen LogP contribution < -0.4 is 0 Å². The predicted molar refractivity (Wildman–Crippen MR) is 275 cm³/mol. The molecule has 0 saturated carbocycles. The van der Waals surface area contributed by atoms with Crippen molar-refractivity contribution in [2.45, 2.75) is 0 Å². The molecule has 8 nitrogen and oxygen atoms in total. The van der Waals surface area contributed by atoms with Crippen molar-refractivity contribution in [3.05, 3.63) is 231 Å². The SMILES string of the molecule is c1ccc(-c2ccc(-c3nc(-c4ccccc4)nc(-n4c5ccccc5c5ccc6c7ccccc7n(-c7ccc(-c8nc(-c9ccccc9)nc(-c9ccccc9)n8)cc7)c6c54)n3)cc2)cc1. The Hall–Kier alpha value is -9.40. The van der Waals surface area contributed by atoms with Crippen molar-refractivity contribution < 1.29 is 0 Å². The first-order chi connectivity index (χ1) is 33.7. The summed E-state index contributed by atoms with van der Waals surface area (Å²) in [6.07, 6.45) is 0. The van der Waals surface area contributed by atoms with Gasteiger partial charge in [0.05, 0.1) is 22.1 Å². The quantitative estimate of drug-likeness (QED) is 0.151. The van der Waals surface area contributed by atoms with Crippen molar-refractivity contribution >= 4 is 43.6 Å². The van der Waals surface area contributed by atoms with Crippen LogP contribution >= 0.6 is 0 Å². The first-order valence-corrected chi connectivity index (χ1v) is 22.6. The molecule has 9 aromatic carbocycles. The van der Waals surface area contributed by atoms with Crippen LogP contribution in [-0.4, -0.2) is 39.0 Å². The van der Waals surface area contributed by atoms with Crippen molar-refractivity contribution in [1.29, 1.82) is 0 Å². The average Bonchev–Trinajstić information content (AvgIpc) is 3.95. The van der Waals surface area contributed by atoms with Crippen molar-refractivity contribution in [3.63, 3.8) is 0 Å². The lowest BCUT2D eigenvalue weighted by Gasteiger charge is -2.14. The molecule has 0 amide bonds. The van der Waals surface area contributed by atoms with E-state index in [2.05, 4.69) is 155 Å². The number of rotatable bonds is 8. The van der Waals surface area contributed by atoms with Gasteiger partial charge in [-0.05, 0) is 47.5 Å². The first-order valence-electron chi connectivity index (χ1n) is 22.6. The summed E-state index contributed by atoms with van der Waals surface area (Å²) in [5.74, 6) is 3.56. The highest BCUT2D eigenvalue weighted by atomic mass is 15.2. The van der Waals surface area contributed by atoms with Crippen LogP contribution in [0.2, 0.25) is 0 Å². The largest absolute Gasteiger partial charge is 0.307 e. The number of aromatic nitrogens is 8. The van der Waals surface area contributed by atoms with Gasteiger partial charge in [-0.15, -0.1) is 0 Å². The Morgan fingerprint density at radius 1 is 0.221 bits per heavy atom. The molecule has 8 heteroatoms. The fourth-order valence-electron chi connectivity index (χ4n) is 9.43. The highest BCUT2D eigenvalue weighted by Gasteiger charge is 2.24. The summed E-state index contributed by atoms with van der Waals surface area (Å²) < 4.78 is 4.60. The minimum atomic E-state index is 0.533. The van der Waals surface area contributed by atoms with Gasteiger partial charge in [-0.25, -0.2) is 19.9 Å². The van der Waals surface area contributed by atoms with E-state index in [1.807, 2.05) is 84.9 Å². The molecule has 0 N–H and O–H groups in total. The second-order valence-electron chi connectivity index (χ2n) is 16.7. The maximum Gasteiger partial charge on any atom is 0.238 e. The third-order valence-corrected chi connectivity index (χ3v) is 12.7. The zero-order valence-corrected chi connectivity index (χ0v) is 36.5. The first kappa shape index (κ1) is 39.0. The fraction of sp³-hybridized carbons (Fsp3) is 0. The maximum absolute atomic E-state index is 5.35. The molecule has 4 aromatic heterocycles. The van der Waals surface area contributed by atoms with E-state index in [9.17, 15) is 0 Å². The summed E-state index contributed by atoms with van der Waals surface area (Å²) in [6, 6.07) is 79.3. The van der Waals surface area contributed by atoms with Gasteiger partial charge in [0.2, 0.25) is 5.95 Å². The molecule has 13 rings (SSSR count). The smallest absolute Gasteiger partial charge is 0.238 e. The number of benzene rings is 9. The van der Waals surface area contributed by atoms with Gasteiger partial charge in [-0.3, -0.25) is 4.57 Å². The minimum absolute atomic E-state index is 0.533. The van der Waals surface area contributed by atoms with Crippen LogP contribution in [0.1, 0.15) is 0 Å². The molecule has 0 atom stereocenters. The zero-order chi connectivity index (χ0) is 45.0. The molecule has 0 aliphatic heterocycles. The molecule has 0 spiro atoms. The normalized spacial score (nSPS) is 11.5. The van der Waals surface area contributed by atoms with Crippen molar-refractivity contribution in [1.82, 2.24) is 39.0 Å². The van der Waals surface area contributed by atoms with Crippen molar-refractivity contribution in [2.75, 3.05) is 0 Å². The number of hydrogen-bond acceptors (Lipinski definition) is 6. The van der Waals surface area contributed by atoms with Gasteiger partial charge in [-0.2, -0.15) is 9.97 Å². The second kappa shape index (κ2) is 16.2. The second-order valence-corrected chi connectivity index (χ2v) is 16.7. The third kappa shape index (κ3) is 6.70. The van der Waals surface area contributed by atoms with Crippen LogP contribution in [0.3, 0.4) is 0 Å². The number of para-hydroxylation sites is 2. The molecule has 318 valence electrons. The Balaban J connectivity index is 1.03. The summed E-state index contributed by atoms with van der Waals surface area (Å²) in [5.41, 5.74) is 11.9. The van der Waals surface area contributed by atoms with Gasteiger partial charge >= 0.3 is 0 Å². The highest BCUT2D eigenvalue weighted by Crippen LogP contribution is 2.42. The number of nitrogens with zero attached hydrogens (tertiary/aromatic N) is 8. The summed E-state index contributed by atoms with van der Waals surface area (Å²) >= 11 is 0. The predicted octanol–water partition coefficient (Wildman–Crippen LogP) is 14.3. The molecule has 0 aliphatic rings. The van der Waals surface area contributed by atoms with Crippen LogP contribution in [0.4, 0.5) is 0 Å². The van der Waals surface area contributed by atoms with E-state index in [0.29, 0.717) is 35.1 Å². The van der Waals surface area contributed by atoms with Crippen LogP contribution in [0.15, 0.2) is 231 Å². The highest BCUT2D eigenvalue weighted by molar-refractivity contribution is 6.23. The molecule has 0 saturated heterocycles. The summed E-state index contributed by atoms with van der Waals surface area (Å²) in [6.45, 7) is 0. The van der Waals surface area contributed by atoms with E-state index in [4.69, 9.17) is 29.9 Å². The van der Waals surface area contributed by atoms with Gasteiger partial charge in [0.1, 0.15) is 0 Å². The van der Waals surface area contributed by atoms with Crippen LogP contribution in [0.25, 0.3) is 123 Å². The van der Waals surface area contributed by atoms with E-state index in [1.54, 1.807) is 0 Å². The Kier molecular flexibility index (Phi) is 9.31. The Morgan fingerprint density at radius 2 is 0.529 bits per heavy atom. The van der Waals surface area contributed by atoms with E-state index in [1.165, 1.54) is 0 Å². The Morgan fingerprint density at radius 3 is 0.985 bits per heavy atom. The number of fused-ring (bicyclic) bond motifs is 7. The van der Waals surface area contributed by atoms with Crippen molar-refractivity contribution in [2.24, 2.45) is 0 Å². The monoisotopic (exact) mass is 870 g/mol. The lowest BCUT2D eigenvalue weighted by atomic mass is 10.0. The number of hydrogen-bond donors (Lipinski definition) is 0. The van der Waals surface area contributed by atoms with Crippen LogP contribution in [0.5, 0.6) is 0 Å². The van der Waals surface area contributed by atoms with E-state index in [0.717, 1.165) is 88.2 Å².